The quantitative estimate of drug-likeness (QED) is 0.586. The molecule has 5 heteroatoms. The normalized spacial score (nSPS) is 17.4. The average Bonchev–Trinajstić information content (AvgIpc) is 2.44. The van der Waals surface area contributed by atoms with E-state index in [0.717, 1.165) is 4.46 Å². The Morgan fingerprint density at radius 1 is 1.23 bits per heavy atom. The second-order valence-electron chi connectivity index (χ2n) is 6.63. The second kappa shape index (κ2) is 7.60. The number of carbonyl (C=O) groups excluding carboxylic acids is 1. The zero-order valence-corrected chi connectivity index (χ0v) is 15.6. The maximum absolute atomic E-state index is 12.7. The average molecular weight is 373 g/mol. The molecule has 22 heavy (non-hydrogen) atoms. The molecule has 0 fully saturated rings. The van der Waals surface area contributed by atoms with E-state index >= 15 is 0 Å². The van der Waals surface area contributed by atoms with Crippen LogP contribution < -0.4 is 4.46 Å². The first kappa shape index (κ1) is 19.2. The Kier molecular flexibility index (Phi) is 6.63. The number of aliphatic hydroxyl groups is 2. The molecule has 1 aromatic carbocycles. The van der Waals surface area contributed by atoms with E-state index in [1.54, 1.807) is 13.8 Å². The van der Waals surface area contributed by atoms with Crippen LogP contribution in [0.25, 0.3) is 0 Å². The molecule has 0 amide bonds. The monoisotopic (exact) mass is 374 g/mol. The third kappa shape index (κ3) is 5.09. The summed E-state index contributed by atoms with van der Waals surface area (Å²) in [6.45, 7) is 8.71. The van der Waals surface area contributed by atoms with Gasteiger partial charge in [-0.2, -0.15) is 0 Å². The third-order valence-electron chi connectivity index (χ3n) is 3.27. The fourth-order valence-electron chi connectivity index (χ4n) is 1.98. The van der Waals surface area contributed by atoms with Crippen LogP contribution in [0.2, 0.25) is 4.31 Å². The van der Waals surface area contributed by atoms with Gasteiger partial charge in [-0.15, -0.1) is 0 Å². The van der Waals surface area contributed by atoms with Crippen molar-refractivity contribution >= 4 is 25.4 Å². The predicted molar refractivity (Wildman–Crippen MR) is 88.3 cm³/mol. The van der Waals surface area contributed by atoms with Crippen molar-refractivity contribution in [3.63, 3.8) is 0 Å². The van der Waals surface area contributed by atoms with Crippen molar-refractivity contribution in [2.24, 2.45) is 5.92 Å². The van der Waals surface area contributed by atoms with Crippen LogP contribution in [-0.4, -0.2) is 49.5 Å². The van der Waals surface area contributed by atoms with Gasteiger partial charge in [0.05, 0.1) is 0 Å². The van der Waals surface area contributed by atoms with Crippen molar-refractivity contribution in [1.82, 2.24) is 0 Å². The summed E-state index contributed by atoms with van der Waals surface area (Å²) >= 11 is -0.320. The van der Waals surface area contributed by atoms with Crippen LogP contribution >= 0.6 is 0 Å². The van der Waals surface area contributed by atoms with Gasteiger partial charge in [-0.3, -0.25) is 0 Å². The Hall–Kier alpha value is -0.871. The molecule has 0 bridgehead atoms. The molecule has 1 rings (SSSR count). The first-order valence-electron chi connectivity index (χ1n) is 7.36. The van der Waals surface area contributed by atoms with Crippen molar-refractivity contribution in [2.75, 3.05) is 6.61 Å². The predicted octanol–water partition coefficient (Wildman–Crippen LogP) is 1.53. The number of hydrogen-bond donors (Lipinski definition) is 2. The van der Waals surface area contributed by atoms with Gasteiger partial charge in [-0.05, 0) is 0 Å². The fraction of sp³-hybridized carbons (Fsp3) is 0.588. The van der Waals surface area contributed by atoms with E-state index < -0.39 is 27.9 Å². The van der Waals surface area contributed by atoms with Crippen molar-refractivity contribution in [3.05, 3.63) is 30.3 Å². The van der Waals surface area contributed by atoms with Crippen LogP contribution in [0.3, 0.4) is 0 Å². The summed E-state index contributed by atoms with van der Waals surface area (Å²) in [6.07, 6.45) is -0.965. The first-order chi connectivity index (χ1) is 10.1. The topological polar surface area (TPSA) is 66.8 Å². The molecule has 0 aromatic heterocycles. The molecule has 2 N–H and O–H groups in total. The van der Waals surface area contributed by atoms with Gasteiger partial charge in [0.2, 0.25) is 0 Å². The summed E-state index contributed by atoms with van der Waals surface area (Å²) in [6, 6.07) is 9.62. The van der Waals surface area contributed by atoms with Crippen molar-refractivity contribution in [2.45, 2.75) is 50.6 Å². The molecule has 3 atom stereocenters. The minimum absolute atomic E-state index is 0.176. The summed E-state index contributed by atoms with van der Waals surface area (Å²) in [5.74, 6) is -0.820. The van der Waals surface area contributed by atoms with E-state index in [2.05, 4.69) is 0 Å². The van der Waals surface area contributed by atoms with Crippen molar-refractivity contribution in [3.8, 4) is 0 Å². The Bertz CT molecular complexity index is 483. The van der Waals surface area contributed by atoms with Gasteiger partial charge in [-0.1, -0.05) is 0 Å². The van der Waals surface area contributed by atoms with E-state index in [1.165, 1.54) is 0 Å². The van der Waals surface area contributed by atoms with E-state index in [9.17, 15) is 15.0 Å². The summed E-state index contributed by atoms with van der Waals surface area (Å²) < 4.78 is 5.48. The minimum atomic E-state index is -1.05. The van der Waals surface area contributed by atoms with Crippen LogP contribution in [0.15, 0.2) is 30.3 Å². The standard InChI is InChI=1S/C17H26O4Se/c1-12(11-18)14(19)17(5,15(20)21-16(2,3)4)22-13-9-7-6-8-10-13/h6-10,12,14,18-19H,11H2,1-5H3/t12-,14-,17-/m1/s1. The molecule has 0 radical (unpaired) electrons. The van der Waals surface area contributed by atoms with Crippen LogP contribution in [0.5, 0.6) is 0 Å². The van der Waals surface area contributed by atoms with Crippen molar-refractivity contribution < 1.29 is 19.7 Å². The number of esters is 1. The zero-order valence-electron chi connectivity index (χ0n) is 13.9. The Morgan fingerprint density at radius 3 is 2.23 bits per heavy atom. The number of ether oxygens (including phenoxy) is 1. The van der Waals surface area contributed by atoms with Gasteiger partial charge in [-0.25, -0.2) is 0 Å². The van der Waals surface area contributed by atoms with E-state index in [1.807, 2.05) is 51.1 Å². The molecule has 0 unspecified atom stereocenters. The summed E-state index contributed by atoms with van der Waals surface area (Å²) in [4.78, 5) is 12.7. The molecule has 124 valence electrons. The summed E-state index contributed by atoms with van der Waals surface area (Å²) in [7, 11) is 0. The molecular formula is C17H26O4Se. The summed E-state index contributed by atoms with van der Waals surface area (Å²) in [5.41, 5.74) is -0.618. The second-order valence-corrected chi connectivity index (χ2v) is 9.83. The molecule has 0 heterocycles. The van der Waals surface area contributed by atoms with Gasteiger partial charge in [0.25, 0.3) is 0 Å². The van der Waals surface area contributed by atoms with Gasteiger partial charge >= 0.3 is 139 Å². The number of rotatable bonds is 6. The number of benzene rings is 1. The molecular weight excluding hydrogens is 347 g/mol. The van der Waals surface area contributed by atoms with Gasteiger partial charge < -0.3 is 0 Å². The number of hydrogen-bond acceptors (Lipinski definition) is 4. The molecule has 0 saturated carbocycles. The van der Waals surface area contributed by atoms with E-state index in [-0.39, 0.29) is 21.6 Å². The SMILES string of the molecule is C[C@H](CO)[C@@H](O)[C@@](C)([Se]c1ccccc1)C(=O)OC(C)(C)C. The van der Waals surface area contributed by atoms with Crippen LogP contribution in [0.4, 0.5) is 0 Å². The molecule has 0 spiro atoms. The Balaban J connectivity index is 3.11. The van der Waals surface area contributed by atoms with Crippen LogP contribution in [-0.2, 0) is 9.53 Å². The Morgan fingerprint density at radius 2 is 1.77 bits per heavy atom. The van der Waals surface area contributed by atoms with Gasteiger partial charge in [0.1, 0.15) is 0 Å². The van der Waals surface area contributed by atoms with Crippen LogP contribution in [0.1, 0.15) is 34.6 Å². The fourth-order valence-corrected chi connectivity index (χ4v) is 4.62. The van der Waals surface area contributed by atoms with E-state index in [4.69, 9.17) is 4.74 Å². The molecule has 0 aliphatic heterocycles. The van der Waals surface area contributed by atoms with Crippen LogP contribution in [0, 0.1) is 5.92 Å². The number of aliphatic hydroxyl groups excluding tert-OH is 2. The first-order valence-corrected chi connectivity index (χ1v) is 9.08. The maximum atomic E-state index is 12.7. The molecule has 0 aliphatic rings. The van der Waals surface area contributed by atoms with Gasteiger partial charge in [0, 0.05) is 0 Å². The van der Waals surface area contributed by atoms with Gasteiger partial charge in [0.15, 0.2) is 0 Å². The Labute approximate surface area is 139 Å². The molecule has 1 aromatic rings. The zero-order chi connectivity index (χ0) is 17.0. The van der Waals surface area contributed by atoms with Crippen molar-refractivity contribution in [1.29, 1.82) is 0 Å². The summed E-state index contributed by atoms with van der Waals surface area (Å²) in [5, 5.41) is 20.0. The number of carbonyl (C=O) groups is 1. The third-order valence-corrected chi connectivity index (χ3v) is 6.08. The molecule has 0 aliphatic carbocycles. The van der Waals surface area contributed by atoms with E-state index in [0.29, 0.717) is 0 Å². The molecule has 4 nitrogen and oxygen atoms in total. The molecule has 0 saturated heterocycles.